The van der Waals surface area contributed by atoms with Crippen LogP contribution in [-0.4, -0.2) is 7.11 Å². The van der Waals surface area contributed by atoms with Gasteiger partial charge in [-0.2, -0.15) is 0 Å². The molecule has 2 aliphatic carbocycles. The minimum absolute atomic E-state index is 0.486. The summed E-state index contributed by atoms with van der Waals surface area (Å²) >= 11 is 0. The fourth-order valence-corrected chi connectivity index (χ4v) is 11.0. The van der Waals surface area contributed by atoms with E-state index in [0.29, 0.717) is 0 Å². The summed E-state index contributed by atoms with van der Waals surface area (Å²) in [6, 6.07) is 85.6. The van der Waals surface area contributed by atoms with Gasteiger partial charge in [-0.3, -0.25) is 0 Å². The van der Waals surface area contributed by atoms with Gasteiger partial charge in [-0.1, -0.05) is 152 Å². The molecule has 0 bridgehead atoms. The van der Waals surface area contributed by atoms with Crippen LogP contribution in [0.3, 0.4) is 0 Å². The summed E-state index contributed by atoms with van der Waals surface area (Å²) in [6.45, 7) is 0. The Balaban J connectivity index is 1.09. The third-order valence-corrected chi connectivity index (χ3v) is 13.7. The number of ether oxygens (including phenoxy) is 1. The van der Waals surface area contributed by atoms with Crippen LogP contribution >= 0.6 is 0 Å². The van der Waals surface area contributed by atoms with Crippen molar-refractivity contribution in [3.63, 3.8) is 0 Å². The molecular weight excluding hydrogens is 805 g/mol. The Morgan fingerprint density at radius 3 is 1.42 bits per heavy atom. The Morgan fingerprint density at radius 2 is 0.818 bits per heavy atom. The van der Waals surface area contributed by atoms with Crippen molar-refractivity contribution in [3.8, 4) is 39.1 Å². The van der Waals surface area contributed by atoms with Gasteiger partial charge in [-0.15, -0.1) is 0 Å². The Hall–Kier alpha value is -8.60. The molecule has 1 spiro atoms. The van der Waals surface area contributed by atoms with Crippen LogP contribution in [0.25, 0.3) is 55.3 Å². The second-order valence-electron chi connectivity index (χ2n) is 17.2. The minimum Gasteiger partial charge on any atom is -0.497 e. The molecule has 312 valence electrons. The van der Waals surface area contributed by atoms with Crippen molar-refractivity contribution in [1.82, 2.24) is 0 Å². The number of fused-ring (bicyclic) bond motifs is 13. The van der Waals surface area contributed by atoms with Gasteiger partial charge in [-0.05, 0) is 135 Å². The van der Waals surface area contributed by atoms with Crippen LogP contribution in [0.15, 0.2) is 241 Å². The number of benzene rings is 10. The zero-order chi connectivity index (χ0) is 43.8. The molecule has 4 heteroatoms. The van der Waals surface area contributed by atoms with Crippen molar-refractivity contribution in [3.05, 3.63) is 259 Å². The van der Waals surface area contributed by atoms with Crippen LogP contribution in [0.2, 0.25) is 0 Å². The highest BCUT2D eigenvalue weighted by atomic mass is 16.5. The molecule has 10 aromatic carbocycles. The zero-order valence-electron chi connectivity index (χ0n) is 36.2. The monoisotopic (exact) mass is 846 g/mol. The molecule has 4 nitrogen and oxygen atoms in total. The second-order valence-corrected chi connectivity index (χ2v) is 17.2. The van der Waals surface area contributed by atoms with Gasteiger partial charge in [0.1, 0.15) is 16.9 Å². The molecule has 0 saturated heterocycles. The summed E-state index contributed by atoms with van der Waals surface area (Å²) in [5.74, 6) is 0.803. The maximum absolute atomic E-state index is 6.75. The van der Waals surface area contributed by atoms with E-state index in [9.17, 15) is 0 Å². The highest BCUT2D eigenvalue weighted by molar-refractivity contribution is 6.10. The predicted octanol–water partition coefficient (Wildman–Crippen LogP) is 16.5. The van der Waals surface area contributed by atoms with E-state index >= 15 is 0 Å². The molecule has 0 amide bonds. The van der Waals surface area contributed by atoms with Gasteiger partial charge in [0.05, 0.1) is 12.5 Å². The number of nitrogens with zero attached hydrogens (tertiary/aromatic N) is 2. The molecule has 13 rings (SSSR count). The smallest absolute Gasteiger partial charge is 0.143 e. The molecule has 0 atom stereocenters. The van der Waals surface area contributed by atoms with Gasteiger partial charge in [0.25, 0.3) is 0 Å². The SMILES string of the molecule is COc1ccc(N(c2ccccc2)c2cc(-c3cccc4c3oc3ccccc34)cc(N(c3ccccc3)c3ccc4c(c3)C3(c5ccccc5-c5ccccc53)c3ccccc3-4)c2)cc1. The normalized spacial score (nSPS) is 12.7. The largest absolute Gasteiger partial charge is 0.497 e. The summed E-state index contributed by atoms with van der Waals surface area (Å²) in [4.78, 5) is 4.75. The van der Waals surface area contributed by atoms with Crippen molar-refractivity contribution in [1.29, 1.82) is 0 Å². The van der Waals surface area contributed by atoms with E-state index in [-0.39, 0.29) is 0 Å². The van der Waals surface area contributed by atoms with Gasteiger partial charge in [0.2, 0.25) is 0 Å². The van der Waals surface area contributed by atoms with Gasteiger partial charge in [0, 0.05) is 50.5 Å². The number of rotatable bonds is 8. The van der Waals surface area contributed by atoms with Gasteiger partial charge in [0.15, 0.2) is 0 Å². The summed E-state index contributed by atoms with van der Waals surface area (Å²) in [5.41, 5.74) is 19.8. The Labute approximate surface area is 383 Å². The molecule has 2 aliphatic rings. The van der Waals surface area contributed by atoms with Crippen LogP contribution in [-0.2, 0) is 5.41 Å². The first-order chi connectivity index (χ1) is 32.7. The summed E-state index contributed by atoms with van der Waals surface area (Å²) in [7, 11) is 1.71. The lowest BCUT2D eigenvalue weighted by atomic mass is 9.70. The Kier molecular flexibility index (Phi) is 8.62. The van der Waals surface area contributed by atoms with E-state index in [2.05, 4.69) is 228 Å². The lowest BCUT2D eigenvalue weighted by Gasteiger charge is -2.33. The number of hydrogen-bond acceptors (Lipinski definition) is 4. The van der Waals surface area contributed by atoms with Crippen LogP contribution in [0.1, 0.15) is 22.3 Å². The van der Waals surface area contributed by atoms with Crippen molar-refractivity contribution in [2.75, 3.05) is 16.9 Å². The molecule has 0 radical (unpaired) electrons. The highest BCUT2D eigenvalue weighted by Crippen LogP contribution is 2.63. The van der Waals surface area contributed by atoms with E-state index in [1.807, 2.05) is 18.2 Å². The maximum atomic E-state index is 6.75. The average Bonchev–Trinajstić information content (AvgIpc) is 4.02. The number of furan rings is 1. The Bertz CT molecular complexity index is 3590. The van der Waals surface area contributed by atoms with E-state index < -0.39 is 5.41 Å². The molecule has 0 N–H and O–H groups in total. The number of methoxy groups -OCH3 is 1. The van der Waals surface area contributed by atoms with Crippen molar-refractivity contribution >= 4 is 56.1 Å². The van der Waals surface area contributed by atoms with Gasteiger partial charge >= 0.3 is 0 Å². The van der Waals surface area contributed by atoms with Crippen molar-refractivity contribution in [2.24, 2.45) is 0 Å². The fraction of sp³-hybridized carbons (Fsp3) is 0.0323. The standard InChI is InChI=1S/C62H42N2O2/c1-65-48-34-31-44(32-35-48)63(42-17-4-2-5-18-42)46-37-41(49-25-16-26-55-54-24-11-15-30-60(54)66-61(49)55)38-47(39-46)64(43-19-6-3-7-20-43)45-33-36-53-52-23-10-14-29-58(52)62(59(53)40-45)56-27-12-8-21-50(56)51-22-9-13-28-57(51)62/h2-40H,1H3. The predicted molar refractivity (Wildman–Crippen MR) is 271 cm³/mol. The molecule has 1 aromatic heterocycles. The molecule has 11 aromatic rings. The third-order valence-electron chi connectivity index (χ3n) is 13.7. The molecule has 66 heavy (non-hydrogen) atoms. The van der Waals surface area contributed by atoms with E-state index in [1.54, 1.807) is 7.11 Å². The van der Waals surface area contributed by atoms with E-state index in [1.165, 1.54) is 44.5 Å². The first kappa shape index (κ1) is 37.9. The quantitative estimate of drug-likeness (QED) is 0.152. The molecule has 0 fully saturated rings. The van der Waals surface area contributed by atoms with Crippen LogP contribution in [0.5, 0.6) is 5.75 Å². The number of hydrogen-bond donors (Lipinski definition) is 0. The molecule has 0 unspecified atom stereocenters. The first-order valence-electron chi connectivity index (χ1n) is 22.5. The number of para-hydroxylation sites is 4. The molecule has 0 saturated carbocycles. The first-order valence-corrected chi connectivity index (χ1v) is 22.5. The molecule has 1 heterocycles. The molecular formula is C62H42N2O2. The third kappa shape index (κ3) is 5.65. The van der Waals surface area contributed by atoms with E-state index in [4.69, 9.17) is 9.15 Å². The minimum atomic E-state index is -0.486. The lowest BCUT2D eigenvalue weighted by Crippen LogP contribution is -2.26. The van der Waals surface area contributed by atoms with Crippen molar-refractivity contribution < 1.29 is 9.15 Å². The summed E-state index contributed by atoms with van der Waals surface area (Å²) in [5, 5.41) is 2.19. The van der Waals surface area contributed by atoms with Crippen LogP contribution in [0.4, 0.5) is 34.1 Å². The zero-order valence-corrected chi connectivity index (χ0v) is 36.2. The van der Waals surface area contributed by atoms with Crippen LogP contribution in [0, 0.1) is 0 Å². The fourth-order valence-electron chi connectivity index (χ4n) is 11.0. The highest BCUT2D eigenvalue weighted by Gasteiger charge is 2.51. The molecule has 0 aliphatic heterocycles. The summed E-state index contributed by atoms with van der Waals surface area (Å²) in [6.07, 6.45) is 0. The van der Waals surface area contributed by atoms with E-state index in [0.717, 1.165) is 72.9 Å². The van der Waals surface area contributed by atoms with Crippen LogP contribution < -0.4 is 14.5 Å². The number of anilines is 6. The Morgan fingerprint density at radius 1 is 0.348 bits per heavy atom. The summed E-state index contributed by atoms with van der Waals surface area (Å²) < 4.78 is 12.4. The van der Waals surface area contributed by atoms with Gasteiger partial charge < -0.3 is 19.0 Å². The second kappa shape index (κ2) is 15.0. The topological polar surface area (TPSA) is 28.9 Å². The lowest BCUT2D eigenvalue weighted by molar-refractivity contribution is 0.415. The maximum Gasteiger partial charge on any atom is 0.143 e. The average molecular weight is 847 g/mol. The van der Waals surface area contributed by atoms with Crippen molar-refractivity contribution in [2.45, 2.75) is 5.41 Å². The van der Waals surface area contributed by atoms with Gasteiger partial charge in [-0.25, -0.2) is 0 Å².